The van der Waals surface area contributed by atoms with Crippen LogP contribution < -0.4 is 5.73 Å². The molecule has 1 aromatic rings. The number of carbonyl (C=O) groups excluding carboxylic acids is 2. The lowest BCUT2D eigenvalue weighted by molar-refractivity contribution is -0.137. The number of oxime groups is 1. The number of phenols is 2. The maximum atomic E-state index is 12.6. The zero-order valence-electron chi connectivity index (χ0n) is 18.6. The predicted molar refractivity (Wildman–Crippen MR) is 123 cm³/mol. The van der Waals surface area contributed by atoms with Gasteiger partial charge in [-0.1, -0.05) is 23.4 Å². The molecule has 33 heavy (non-hydrogen) atoms. The van der Waals surface area contributed by atoms with E-state index in [2.05, 4.69) is 5.16 Å². The summed E-state index contributed by atoms with van der Waals surface area (Å²) in [6, 6.07) is 2.24. The van der Waals surface area contributed by atoms with Crippen LogP contribution in [0.1, 0.15) is 48.0 Å². The fraction of sp³-hybridized carbons (Fsp3) is 0.458. The van der Waals surface area contributed by atoms with Crippen LogP contribution in [0.15, 0.2) is 41.6 Å². The third-order valence-corrected chi connectivity index (χ3v) is 5.46. The van der Waals surface area contributed by atoms with Crippen LogP contribution in [0.2, 0.25) is 0 Å². The number of rotatable bonds is 3. The summed E-state index contributed by atoms with van der Waals surface area (Å²) in [5, 5.41) is 24.4. The molecule has 0 saturated carbocycles. The van der Waals surface area contributed by atoms with Gasteiger partial charge in [0.1, 0.15) is 17.1 Å². The monoisotopic (exact) mass is 457 g/mol. The number of benzene rings is 1. The number of piperidine rings is 1. The number of nitrogens with two attached hydrogens (primary N) is 1. The number of aromatic hydroxyl groups is 2. The Morgan fingerprint density at radius 3 is 2.79 bits per heavy atom. The van der Waals surface area contributed by atoms with Gasteiger partial charge in [-0.2, -0.15) is 0 Å². The minimum absolute atomic E-state index is 0.0453. The molecular formula is C24H31N3O6. The maximum Gasteiger partial charge on any atom is 0.342 e. The lowest BCUT2D eigenvalue weighted by atomic mass is 9.99. The summed E-state index contributed by atoms with van der Waals surface area (Å²) in [4.78, 5) is 32.1. The van der Waals surface area contributed by atoms with Crippen LogP contribution in [-0.4, -0.2) is 65.0 Å². The molecule has 2 heterocycles. The molecule has 1 unspecified atom stereocenters. The molecular weight excluding hydrogens is 426 g/mol. The smallest absolute Gasteiger partial charge is 0.342 e. The summed E-state index contributed by atoms with van der Waals surface area (Å²) in [5.74, 6) is -1.42. The van der Waals surface area contributed by atoms with Crippen LogP contribution in [0.3, 0.4) is 0 Å². The Bertz CT molecular complexity index is 934. The van der Waals surface area contributed by atoms with Crippen LogP contribution in [0, 0.1) is 0 Å². The number of allylic oxidation sites excluding steroid dienone is 1. The van der Waals surface area contributed by atoms with Crippen molar-refractivity contribution >= 4 is 17.6 Å². The number of amides is 1. The number of phenolic OH excluding ortho intramolecular Hbond substituents is 2. The largest absolute Gasteiger partial charge is 0.508 e. The summed E-state index contributed by atoms with van der Waals surface area (Å²) in [6.07, 6.45) is 11.4. The van der Waals surface area contributed by atoms with Crippen LogP contribution in [0.4, 0.5) is 0 Å². The van der Waals surface area contributed by atoms with Crippen molar-refractivity contribution in [2.75, 3.05) is 26.3 Å². The highest BCUT2D eigenvalue weighted by atomic mass is 16.6. The number of carbonyl (C=O) groups is 2. The van der Waals surface area contributed by atoms with Crippen LogP contribution in [0.5, 0.6) is 11.5 Å². The van der Waals surface area contributed by atoms with Gasteiger partial charge >= 0.3 is 5.97 Å². The third kappa shape index (κ3) is 7.35. The minimum Gasteiger partial charge on any atom is -0.508 e. The third-order valence-electron chi connectivity index (χ3n) is 5.46. The Morgan fingerprint density at radius 1 is 1.21 bits per heavy atom. The van der Waals surface area contributed by atoms with Crippen LogP contribution in [-0.2, 0) is 20.8 Å². The van der Waals surface area contributed by atoms with E-state index in [0.717, 1.165) is 38.4 Å². The number of fused-ring (bicyclic) bond motifs is 1. The van der Waals surface area contributed by atoms with Crippen molar-refractivity contribution in [1.29, 1.82) is 0 Å². The molecule has 3 rings (SSSR count). The van der Waals surface area contributed by atoms with Crippen molar-refractivity contribution in [1.82, 2.24) is 4.90 Å². The molecule has 1 fully saturated rings. The summed E-state index contributed by atoms with van der Waals surface area (Å²) >= 11 is 0. The van der Waals surface area contributed by atoms with E-state index in [1.165, 1.54) is 6.07 Å². The Morgan fingerprint density at radius 2 is 2.00 bits per heavy atom. The zero-order valence-corrected chi connectivity index (χ0v) is 18.6. The summed E-state index contributed by atoms with van der Waals surface area (Å²) in [5.41, 5.74) is 6.74. The van der Waals surface area contributed by atoms with Crippen molar-refractivity contribution in [2.45, 2.75) is 44.6 Å². The molecule has 9 nitrogen and oxygen atoms in total. The average molecular weight is 458 g/mol. The topological polar surface area (TPSA) is 135 Å². The molecule has 4 N–H and O–H groups in total. The quantitative estimate of drug-likeness (QED) is 0.360. The Labute approximate surface area is 193 Å². The van der Waals surface area contributed by atoms with Crippen molar-refractivity contribution in [3.05, 3.63) is 47.6 Å². The number of ether oxygens (including phenoxy) is 1. The van der Waals surface area contributed by atoms with Gasteiger partial charge in [0.2, 0.25) is 0 Å². The van der Waals surface area contributed by atoms with E-state index < -0.39 is 5.97 Å². The predicted octanol–water partition coefficient (Wildman–Crippen LogP) is 2.42. The van der Waals surface area contributed by atoms with Gasteiger partial charge in [-0.25, -0.2) is 4.79 Å². The highest BCUT2D eigenvalue weighted by molar-refractivity contribution is 6.00. The molecule has 1 saturated heterocycles. The molecule has 9 heteroatoms. The zero-order chi connectivity index (χ0) is 23.6. The number of likely N-dealkylation sites (tertiary alicyclic amines) is 1. The van der Waals surface area contributed by atoms with Gasteiger partial charge < -0.3 is 30.4 Å². The number of hydrogen-bond donors (Lipinski definition) is 3. The first-order valence-electron chi connectivity index (χ1n) is 11.2. The maximum absolute atomic E-state index is 12.6. The fourth-order valence-electron chi connectivity index (χ4n) is 3.77. The molecule has 0 bridgehead atoms. The van der Waals surface area contributed by atoms with Gasteiger partial charge in [0, 0.05) is 31.6 Å². The number of hydrogen-bond acceptors (Lipinski definition) is 8. The van der Waals surface area contributed by atoms with Gasteiger partial charge in [0.05, 0.1) is 12.3 Å². The lowest BCUT2D eigenvalue weighted by Gasteiger charge is -2.26. The second kappa shape index (κ2) is 12.1. The molecule has 1 amide bonds. The molecule has 0 aliphatic carbocycles. The lowest BCUT2D eigenvalue weighted by Crippen LogP contribution is -2.37. The highest BCUT2D eigenvalue weighted by Gasteiger charge is 2.21. The molecule has 1 atom stereocenters. The first-order valence-corrected chi connectivity index (χ1v) is 11.2. The molecule has 1 aromatic carbocycles. The van der Waals surface area contributed by atoms with Gasteiger partial charge in [-0.15, -0.1) is 0 Å². The van der Waals surface area contributed by atoms with E-state index in [1.807, 2.05) is 18.2 Å². The number of cyclic esters (lactones) is 1. The second-order valence-electron chi connectivity index (χ2n) is 8.13. The molecule has 178 valence electrons. The van der Waals surface area contributed by atoms with Gasteiger partial charge in [0.25, 0.3) is 5.91 Å². The highest BCUT2D eigenvalue weighted by Crippen LogP contribution is 2.29. The molecule has 2 aliphatic heterocycles. The average Bonchev–Trinajstić information content (AvgIpc) is 2.78. The number of nitrogens with zero attached hydrogens (tertiary/aromatic N) is 2. The van der Waals surface area contributed by atoms with Crippen LogP contribution in [0.25, 0.3) is 0 Å². The fourth-order valence-corrected chi connectivity index (χ4v) is 3.77. The molecule has 0 aromatic heterocycles. The Kier molecular flexibility index (Phi) is 8.88. The van der Waals surface area contributed by atoms with Gasteiger partial charge in [0.15, 0.2) is 6.61 Å². The molecule has 0 radical (unpaired) electrons. The SMILES string of the molecule is NC1C=CCCOC(=O)c2c(O)cc(O)cc2CC(=NOCC(=O)N2CCCCC2)C=CC1. The molecule has 0 spiro atoms. The van der Waals surface area contributed by atoms with E-state index in [1.54, 1.807) is 11.0 Å². The summed E-state index contributed by atoms with van der Waals surface area (Å²) in [6.45, 7) is 1.37. The van der Waals surface area contributed by atoms with Gasteiger partial charge in [-0.3, -0.25) is 4.79 Å². The standard InChI is InChI=1S/C24H31N3O6/c25-18-7-2-5-12-32-24(31)23-17(14-20(28)15-21(23)29)13-19(9-6-8-18)26-33-16-22(30)27-10-3-1-4-11-27/h2,6-7,9,14-15,18,28-29H,1,3-5,8,10-13,16,25H2. The molecule has 2 aliphatic rings. The van der Waals surface area contributed by atoms with E-state index in [0.29, 0.717) is 24.1 Å². The minimum atomic E-state index is -0.707. The first kappa shape index (κ1) is 24.3. The van der Waals surface area contributed by atoms with Crippen LogP contribution >= 0.6 is 0 Å². The van der Waals surface area contributed by atoms with E-state index >= 15 is 0 Å². The van der Waals surface area contributed by atoms with E-state index in [4.69, 9.17) is 15.3 Å². The van der Waals surface area contributed by atoms with E-state index in [-0.39, 0.29) is 48.6 Å². The van der Waals surface area contributed by atoms with Crippen molar-refractivity contribution in [3.8, 4) is 11.5 Å². The summed E-state index contributed by atoms with van der Waals surface area (Å²) in [7, 11) is 0. The Balaban J connectivity index is 1.83. The van der Waals surface area contributed by atoms with Crippen molar-refractivity contribution < 1.29 is 29.4 Å². The van der Waals surface area contributed by atoms with E-state index in [9.17, 15) is 19.8 Å². The Hall–Kier alpha value is -3.33. The van der Waals surface area contributed by atoms with Crippen molar-refractivity contribution in [3.63, 3.8) is 0 Å². The normalized spacial score (nSPS) is 21.2. The van der Waals surface area contributed by atoms with Gasteiger partial charge in [-0.05, 0) is 49.8 Å². The summed E-state index contributed by atoms with van der Waals surface area (Å²) < 4.78 is 5.27. The second-order valence-corrected chi connectivity index (χ2v) is 8.13. The number of esters is 1. The van der Waals surface area contributed by atoms with Crippen molar-refractivity contribution in [2.24, 2.45) is 10.9 Å². The first-order chi connectivity index (χ1) is 15.9.